The van der Waals surface area contributed by atoms with Crippen molar-refractivity contribution in [1.82, 2.24) is 0 Å². The van der Waals surface area contributed by atoms with Gasteiger partial charge in [0.2, 0.25) is 5.90 Å². The summed E-state index contributed by atoms with van der Waals surface area (Å²) in [7, 11) is 0. The number of hydrogen-bond donors (Lipinski definition) is 1. The summed E-state index contributed by atoms with van der Waals surface area (Å²) in [5.74, 6) is 0.478. The van der Waals surface area contributed by atoms with E-state index in [1.165, 1.54) is 6.21 Å². The van der Waals surface area contributed by atoms with Crippen molar-refractivity contribution < 1.29 is 4.74 Å². The average Bonchev–Trinajstić information content (AvgIpc) is 2.03. The Labute approximate surface area is 99.3 Å². The van der Waals surface area contributed by atoms with E-state index < -0.39 is 0 Å². The third kappa shape index (κ3) is 6.12. The van der Waals surface area contributed by atoms with Gasteiger partial charge in [0.25, 0.3) is 0 Å². The molecule has 0 saturated carbocycles. The molecule has 0 aliphatic rings. The van der Waals surface area contributed by atoms with Crippen LogP contribution in [0, 0.1) is 11.3 Å². The predicted octanol–water partition coefficient (Wildman–Crippen LogP) is 3.39. The Hall–Kier alpha value is -0.390. The van der Waals surface area contributed by atoms with E-state index in [1.54, 1.807) is 0 Å². The van der Waals surface area contributed by atoms with E-state index in [0.717, 1.165) is 5.70 Å². The Kier molecular flexibility index (Phi) is 6.78. The van der Waals surface area contributed by atoms with Gasteiger partial charge >= 0.3 is 0 Å². The summed E-state index contributed by atoms with van der Waals surface area (Å²) < 4.78 is 7.05. The molecule has 0 amide bonds. The number of aliphatic imine (C=N–C) groups is 1. The van der Waals surface area contributed by atoms with Gasteiger partial charge in [0, 0.05) is 5.70 Å². The molecule has 0 heterocycles. The largest absolute Gasteiger partial charge is 0.474 e. The monoisotopic (exact) mass is 308 g/mol. The summed E-state index contributed by atoms with van der Waals surface area (Å²) in [4.78, 5) is 4.17. The standard InChI is InChI=1S/C10H17IN2O/c1-7(2)9(5-11)13-6-10(12)14-8(3)4/h5-8,12H,1-4H3/b9-5-,12-10?,13-6-. The molecule has 0 unspecified atom stereocenters. The second-order valence-electron chi connectivity index (χ2n) is 3.48. The van der Waals surface area contributed by atoms with Crippen LogP contribution < -0.4 is 0 Å². The summed E-state index contributed by atoms with van der Waals surface area (Å²) in [6, 6.07) is 0. The molecular formula is C10H17IN2O. The molecule has 14 heavy (non-hydrogen) atoms. The van der Waals surface area contributed by atoms with E-state index in [1.807, 2.05) is 17.9 Å². The molecule has 0 bridgehead atoms. The first kappa shape index (κ1) is 13.6. The first-order valence-electron chi connectivity index (χ1n) is 4.57. The molecule has 0 saturated heterocycles. The molecule has 0 radical (unpaired) electrons. The second-order valence-corrected chi connectivity index (χ2v) is 4.10. The zero-order valence-corrected chi connectivity index (χ0v) is 11.2. The lowest BCUT2D eigenvalue weighted by atomic mass is 10.2. The normalized spacial score (nSPS) is 12.9. The van der Waals surface area contributed by atoms with Gasteiger partial charge in [-0.1, -0.05) is 36.4 Å². The highest BCUT2D eigenvalue weighted by molar-refractivity contribution is 14.1. The van der Waals surface area contributed by atoms with E-state index >= 15 is 0 Å². The number of hydrogen-bond acceptors (Lipinski definition) is 3. The molecular weight excluding hydrogens is 291 g/mol. The molecule has 0 fully saturated rings. The zero-order valence-electron chi connectivity index (χ0n) is 9.04. The predicted molar refractivity (Wildman–Crippen MR) is 69.4 cm³/mol. The first-order chi connectivity index (χ1) is 6.47. The molecule has 0 atom stereocenters. The van der Waals surface area contributed by atoms with E-state index in [-0.39, 0.29) is 12.0 Å². The fourth-order valence-corrected chi connectivity index (χ4v) is 1.60. The molecule has 1 N–H and O–H groups in total. The minimum atomic E-state index is 0.0278. The molecule has 0 aromatic rings. The molecule has 0 rings (SSSR count). The maximum absolute atomic E-state index is 7.43. The Balaban J connectivity index is 4.22. The zero-order chi connectivity index (χ0) is 11.1. The van der Waals surface area contributed by atoms with Gasteiger partial charge in [-0.2, -0.15) is 0 Å². The van der Waals surface area contributed by atoms with Crippen molar-refractivity contribution in [3.05, 3.63) is 9.78 Å². The SMILES string of the molecule is CC(C)OC(=N)/C=N\C(=C/I)C(C)C. The highest BCUT2D eigenvalue weighted by Gasteiger charge is 2.01. The van der Waals surface area contributed by atoms with Crippen LogP contribution in [0.2, 0.25) is 0 Å². The van der Waals surface area contributed by atoms with Crippen LogP contribution >= 0.6 is 22.6 Å². The fourth-order valence-electron chi connectivity index (χ4n) is 0.721. The molecule has 80 valence electrons. The lowest BCUT2D eigenvalue weighted by molar-refractivity contribution is 0.232. The molecule has 0 aliphatic heterocycles. The topological polar surface area (TPSA) is 45.4 Å². The van der Waals surface area contributed by atoms with Crippen molar-refractivity contribution in [2.75, 3.05) is 0 Å². The highest BCUT2D eigenvalue weighted by Crippen LogP contribution is 2.12. The Morgan fingerprint density at radius 2 is 1.93 bits per heavy atom. The summed E-state index contributed by atoms with van der Waals surface area (Å²) in [5, 5.41) is 7.43. The first-order valence-corrected chi connectivity index (χ1v) is 5.81. The maximum atomic E-state index is 7.43. The van der Waals surface area contributed by atoms with Crippen molar-refractivity contribution in [3.8, 4) is 0 Å². The van der Waals surface area contributed by atoms with Crippen molar-refractivity contribution in [3.63, 3.8) is 0 Å². The minimum Gasteiger partial charge on any atom is -0.474 e. The van der Waals surface area contributed by atoms with Gasteiger partial charge in [-0.15, -0.1) is 0 Å². The molecule has 0 spiro atoms. The van der Waals surface area contributed by atoms with Crippen LogP contribution in [0.25, 0.3) is 0 Å². The quantitative estimate of drug-likeness (QED) is 0.483. The average molecular weight is 308 g/mol. The van der Waals surface area contributed by atoms with Gasteiger partial charge in [-0.05, 0) is 23.8 Å². The molecule has 0 aliphatic carbocycles. The van der Waals surface area contributed by atoms with Gasteiger partial charge in [-0.3, -0.25) is 10.4 Å². The highest BCUT2D eigenvalue weighted by atomic mass is 127. The Morgan fingerprint density at radius 1 is 1.36 bits per heavy atom. The maximum Gasteiger partial charge on any atom is 0.224 e. The van der Waals surface area contributed by atoms with Gasteiger partial charge in [0.05, 0.1) is 12.3 Å². The number of rotatable bonds is 4. The summed E-state index contributed by atoms with van der Waals surface area (Å²) >= 11 is 2.15. The van der Waals surface area contributed by atoms with E-state index in [9.17, 15) is 0 Å². The minimum absolute atomic E-state index is 0.0278. The summed E-state index contributed by atoms with van der Waals surface area (Å²) in [5.41, 5.74) is 0.961. The summed E-state index contributed by atoms with van der Waals surface area (Å²) in [6.07, 6.45) is 1.48. The fraction of sp³-hybridized carbons (Fsp3) is 0.600. The number of nitrogens with one attached hydrogen (secondary N) is 1. The third-order valence-corrected chi connectivity index (χ3v) is 2.03. The van der Waals surface area contributed by atoms with Crippen LogP contribution in [0.1, 0.15) is 27.7 Å². The van der Waals surface area contributed by atoms with Crippen LogP contribution in [0.3, 0.4) is 0 Å². The second kappa shape index (κ2) is 6.98. The van der Waals surface area contributed by atoms with Crippen LogP contribution in [-0.2, 0) is 4.74 Å². The van der Waals surface area contributed by atoms with Gasteiger partial charge < -0.3 is 4.74 Å². The molecule has 4 heteroatoms. The van der Waals surface area contributed by atoms with Gasteiger partial charge in [0.1, 0.15) is 0 Å². The Bertz CT molecular complexity index is 245. The van der Waals surface area contributed by atoms with Crippen molar-refractivity contribution in [2.24, 2.45) is 10.9 Å². The van der Waals surface area contributed by atoms with Gasteiger partial charge in [-0.25, -0.2) is 0 Å². The number of halogens is 1. The van der Waals surface area contributed by atoms with E-state index in [0.29, 0.717) is 5.92 Å². The number of ether oxygens (including phenoxy) is 1. The third-order valence-electron chi connectivity index (χ3n) is 1.40. The van der Waals surface area contributed by atoms with Crippen molar-refractivity contribution in [2.45, 2.75) is 33.8 Å². The van der Waals surface area contributed by atoms with Crippen LogP contribution in [0.4, 0.5) is 0 Å². The molecule has 3 nitrogen and oxygen atoms in total. The lowest BCUT2D eigenvalue weighted by Crippen LogP contribution is -2.11. The van der Waals surface area contributed by atoms with Crippen LogP contribution in [0.15, 0.2) is 14.8 Å². The smallest absolute Gasteiger partial charge is 0.224 e. The Morgan fingerprint density at radius 3 is 2.29 bits per heavy atom. The van der Waals surface area contributed by atoms with Crippen LogP contribution in [-0.4, -0.2) is 18.2 Å². The van der Waals surface area contributed by atoms with E-state index in [4.69, 9.17) is 10.1 Å². The van der Waals surface area contributed by atoms with Crippen LogP contribution in [0.5, 0.6) is 0 Å². The summed E-state index contributed by atoms with van der Waals surface area (Å²) in [6.45, 7) is 7.91. The van der Waals surface area contributed by atoms with Crippen molar-refractivity contribution >= 4 is 34.7 Å². The van der Waals surface area contributed by atoms with Crippen molar-refractivity contribution in [1.29, 1.82) is 5.41 Å². The lowest BCUT2D eigenvalue weighted by Gasteiger charge is -2.07. The van der Waals surface area contributed by atoms with Gasteiger partial charge in [0.15, 0.2) is 0 Å². The molecule has 0 aromatic heterocycles. The number of allylic oxidation sites excluding steroid dienone is 1. The number of nitrogens with zero attached hydrogens (tertiary/aromatic N) is 1. The molecule has 0 aromatic carbocycles. The van der Waals surface area contributed by atoms with E-state index in [2.05, 4.69) is 41.4 Å².